The molecule has 0 unspecified atom stereocenters. The van der Waals surface area contributed by atoms with E-state index in [1.807, 2.05) is 6.07 Å². The number of nitro groups is 1. The fraction of sp³-hybridized carbons (Fsp3) is 0.176. The maximum atomic E-state index is 12.2. The summed E-state index contributed by atoms with van der Waals surface area (Å²) < 4.78 is 5.26. The van der Waals surface area contributed by atoms with Crippen LogP contribution in [0, 0.1) is 10.1 Å². The van der Waals surface area contributed by atoms with E-state index in [1.165, 1.54) is 23.1 Å². The van der Waals surface area contributed by atoms with Crippen LogP contribution in [0.15, 0.2) is 42.5 Å². The molecule has 3 rings (SSSR count). The smallest absolute Gasteiger partial charge is 0.271 e. The summed E-state index contributed by atoms with van der Waals surface area (Å²) in [5.41, 5.74) is 0.829. The number of hydrogen-bond acceptors (Lipinski definition) is 5. The number of hydrogen-bond donors (Lipinski definition) is 1. The van der Waals surface area contributed by atoms with Crippen molar-refractivity contribution in [2.24, 2.45) is 0 Å². The number of halogens is 1. The maximum Gasteiger partial charge on any atom is 0.271 e. The predicted octanol–water partition coefficient (Wildman–Crippen LogP) is 2.29. The van der Waals surface area contributed by atoms with E-state index in [0.717, 1.165) is 5.56 Å². The van der Waals surface area contributed by atoms with Gasteiger partial charge in [-0.2, -0.15) is 0 Å². The molecule has 0 aliphatic carbocycles. The number of fused-ring (bicyclic) bond motifs is 1. The zero-order valence-corrected chi connectivity index (χ0v) is 14.2. The molecule has 26 heavy (non-hydrogen) atoms. The molecule has 0 saturated carbocycles. The van der Waals surface area contributed by atoms with E-state index < -0.39 is 16.7 Å². The Labute approximate surface area is 153 Å². The van der Waals surface area contributed by atoms with Crippen LogP contribution < -0.4 is 15.0 Å². The predicted molar refractivity (Wildman–Crippen MR) is 94.2 cm³/mol. The van der Waals surface area contributed by atoms with Gasteiger partial charge in [-0.15, -0.1) is 0 Å². The standard InChI is InChI=1S/C17H14ClN3O5/c18-12-3-1-2-11(6-12)8-19-16(22)9-20-14-7-13(21(24)25)4-5-15(14)26-10-17(20)23/h1-7H,8-10H2,(H,19,22). The van der Waals surface area contributed by atoms with Crippen LogP contribution >= 0.6 is 11.6 Å². The Morgan fingerprint density at radius 1 is 1.31 bits per heavy atom. The number of nitro benzene ring substituents is 1. The van der Waals surface area contributed by atoms with E-state index in [1.54, 1.807) is 18.2 Å². The van der Waals surface area contributed by atoms with Gasteiger partial charge in [0.05, 0.1) is 10.6 Å². The Bertz CT molecular complexity index is 886. The molecule has 1 aliphatic rings. The SMILES string of the molecule is O=C(CN1C(=O)COc2ccc([N+](=O)[O-])cc21)NCc1cccc(Cl)c1. The first-order valence-electron chi connectivity index (χ1n) is 7.67. The number of anilines is 1. The second-order valence-corrected chi connectivity index (χ2v) is 6.02. The second kappa shape index (κ2) is 7.40. The minimum Gasteiger partial charge on any atom is -0.482 e. The molecule has 0 spiro atoms. The largest absolute Gasteiger partial charge is 0.482 e. The number of nitrogens with one attached hydrogen (secondary N) is 1. The van der Waals surface area contributed by atoms with E-state index in [4.69, 9.17) is 16.3 Å². The first kappa shape index (κ1) is 17.7. The molecule has 1 aliphatic heterocycles. The molecule has 2 amide bonds. The van der Waals surface area contributed by atoms with Gasteiger partial charge in [-0.3, -0.25) is 24.6 Å². The highest BCUT2D eigenvalue weighted by Gasteiger charge is 2.29. The van der Waals surface area contributed by atoms with Crippen molar-refractivity contribution in [2.75, 3.05) is 18.1 Å². The molecule has 0 aromatic heterocycles. The van der Waals surface area contributed by atoms with Gasteiger partial charge in [0, 0.05) is 23.7 Å². The van der Waals surface area contributed by atoms with Crippen LogP contribution in [0.3, 0.4) is 0 Å². The van der Waals surface area contributed by atoms with Gasteiger partial charge in [0.2, 0.25) is 5.91 Å². The quantitative estimate of drug-likeness (QED) is 0.638. The first-order valence-corrected chi connectivity index (χ1v) is 8.04. The number of non-ortho nitro benzene ring substituents is 1. The fourth-order valence-electron chi connectivity index (χ4n) is 2.52. The first-order chi connectivity index (χ1) is 12.4. The Kier molecular flexibility index (Phi) is 5.04. The van der Waals surface area contributed by atoms with E-state index in [2.05, 4.69) is 5.32 Å². The van der Waals surface area contributed by atoms with Crippen LogP contribution in [0.1, 0.15) is 5.56 Å². The summed E-state index contributed by atoms with van der Waals surface area (Å²) in [6.07, 6.45) is 0. The van der Waals surface area contributed by atoms with Crippen LogP contribution in [0.5, 0.6) is 5.75 Å². The number of nitrogens with zero attached hydrogens (tertiary/aromatic N) is 2. The van der Waals surface area contributed by atoms with Gasteiger partial charge in [0.15, 0.2) is 6.61 Å². The highest BCUT2D eigenvalue weighted by atomic mass is 35.5. The van der Waals surface area contributed by atoms with Crippen molar-refractivity contribution in [3.63, 3.8) is 0 Å². The van der Waals surface area contributed by atoms with Gasteiger partial charge in [0.1, 0.15) is 12.3 Å². The normalized spacial score (nSPS) is 13.0. The van der Waals surface area contributed by atoms with E-state index in [-0.39, 0.29) is 31.1 Å². The molecule has 1 heterocycles. The zero-order valence-electron chi connectivity index (χ0n) is 13.5. The lowest BCUT2D eigenvalue weighted by Gasteiger charge is -2.28. The number of benzene rings is 2. The lowest BCUT2D eigenvalue weighted by Crippen LogP contribution is -2.45. The van der Waals surface area contributed by atoms with Crippen LogP contribution in [-0.2, 0) is 16.1 Å². The van der Waals surface area contributed by atoms with Crippen molar-refractivity contribution in [3.8, 4) is 5.75 Å². The van der Waals surface area contributed by atoms with Gasteiger partial charge < -0.3 is 10.1 Å². The van der Waals surface area contributed by atoms with E-state index in [0.29, 0.717) is 10.8 Å². The molecule has 134 valence electrons. The lowest BCUT2D eigenvalue weighted by atomic mass is 10.2. The maximum absolute atomic E-state index is 12.2. The summed E-state index contributed by atoms with van der Waals surface area (Å²) >= 11 is 5.90. The lowest BCUT2D eigenvalue weighted by molar-refractivity contribution is -0.384. The third-order valence-corrected chi connectivity index (χ3v) is 4.01. The van der Waals surface area contributed by atoms with Crippen molar-refractivity contribution in [1.82, 2.24) is 5.32 Å². The summed E-state index contributed by atoms with van der Waals surface area (Å²) in [5.74, 6) is -0.536. The van der Waals surface area contributed by atoms with Gasteiger partial charge in [-0.1, -0.05) is 23.7 Å². The van der Waals surface area contributed by atoms with Crippen molar-refractivity contribution in [2.45, 2.75) is 6.54 Å². The van der Waals surface area contributed by atoms with Crippen molar-refractivity contribution in [3.05, 3.63) is 63.2 Å². The molecule has 0 radical (unpaired) electrons. The highest BCUT2D eigenvalue weighted by Crippen LogP contribution is 2.35. The minimum atomic E-state index is -0.573. The van der Waals surface area contributed by atoms with Crippen LogP contribution in [0.25, 0.3) is 0 Å². The topological polar surface area (TPSA) is 102 Å². The molecular formula is C17H14ClN3O5. The summed E-state index contributed by atoms with van der Waals surface area (Å²) in [5, 5.41) is 14.2. The third kappa shape index (κ3) is 3.92. The van der Waals surface area contributed by atoms with Crippen molar-refractivity contribution in [1.29, 1.82) is 0 Å². The number of carbonyl (C=O) groups is 2. The third-order valence-electron chi connectivity index (χ3n) is 3.78. The van der Waals surface area contributed by atoms with Crippen molar-refractivity contribution < 1.29 is 19.2 Å². The van der Waals surface area contributed by atoms with Crippen LogP contribution in [0.4, 0.5) is 11.4 Å². The summed E-state index contributed by atoms with van der Waals surface area (Å²) in [7, 11) is 0. The molecule has 2 aromatic carbocycles. The molecule has 0 bridgehead atoms. The van der Waals surface area contributed by atoms with Gasteiger partial charge in [-0.05, 0) is 23.8 Å². The summed E-state index contributed by atoms with van der Waals surface area (Å²) in [6, 6.07) is 10.9. The van der Waals surface area contributed by atoms with Gasteiger partial charge in [-0.25, -0.2) is 0 Å². The number of ether oxygens (including phenoxy) is 1. The van der Waals surface area contributed by atoms with Crippen LogP contribution in [-0.4, -0.2) is 29.9 Å². The molecule has 8 nitrogen and oxygen atoms in total. The Balaban J connectivity index is 1.72. The summed E-state index contributed by atoms with van der Waals surface area (Å²) in [6.45, 7) is -0.247. The fourth-order valence-corrected chi connectivity index (χ4v) is 2.74. The zero-order chi connectivity index (χ0) is 18.7. The molecular weight excluding hydrogens is 362 g/mol. The second-order valence-electron chi connectivity index (χ2n) is 5.58. The molecule has 1 N–H and O–H groups in total. The Morgan fingerprint density at radius 3 is 2.85 bits per heavy atom. The van der Waals surface area contributed by atoms with E-state index in [9.17, 15) is 19.7 Å². The van der Waals surface area contributed by atoms with Crippen LogP contribution in [0.2, 0.25) is 5.02 Å². The molecule has 0 saturated heterocycles. The van der Waals surface area contributed by atoms with Gasteiger partial charge >= 0.3 is 0 Å². The van der Waals surface area contributed by atoms with Crippen molar-refractivity contribution >= 4 is 34.8 Å². The van der Waals surface area contributed by atoms with E-state index >= 15 is 0 Å². The minimum absolute atomic E-state index is 0.189. The number of carbonyl (C=O) groups excluding carboxylic acids is 2. The Morgan fingerprint density at radius 2 is 2.12 bits per heavy atom. The Hall–Kier alpha value is -3.13. The molecule has 0 fully saturated rings. The van der Waals surface area contributed by atoms with Gasteiger partial charge in [0.25, 0.3) is 11.6 Å². The average molecular weight is 376 g/mol. The molecule has 2 aromatic rings. The molecule has 9 heteroatoms. The number of amides is 2. The highest BCUT2D eigenvalue weighted by molar-refractivity contribution is 6.30. The average Bonchev–Trinajstić information content (AvgIpc) is 2.62. The monoisotopic (exact) mass is 375 g/mol. The molecule has 0 atom stereocenters. The number of rotatable bonds is 5. The summed E-state index contributed by atoms with van der Waals surface area (Å²) in [4.78, 5) is 35.9.